The summed E-state index contributed by atoms with van der Waals surface area (Å²) in [5, 5.41) is 10.9. The Morgan fingerprint density at radius 1 is 1.07 bits per heavy atom. The number of fused-ring (bicyclic) bond motifs is 1. The maximum absolute atomic E-state index is 12.5. The van der Waals surface area contributed by atoms with E-state index in [4.69, 9.17) is 0 Å². The Kier molecular flexibility index (Phi) is 5.84. The van der Waals surface area contributed by atoms with Gasteiger partial charge in [0.2, 0.25) is 11.0 Å². The second-order valence-corrected chi connectivity index (χ2v) is 10.4. The molecule has 1 aliphatic heterocycles. The summed E-state index contributed by atoms with van der Waals surface area (Å²) in [5.41, 5.74) is 1.28. The molecule has 4 rings (SSSR count). The van der Waals surface area contributed by atoms with E-state index < -0.39 is 21.8 Å². The third kappa shape index (κ3) is 4.23. The molecule has 2 aromatic carbocycles. The van der Waals surface area contributed by atoms with Crippen molar-refractivity contribution in [2.45, 2.75) is 21.4 Å². The Bertz CT molecular complexity index is 1200. The molecule has 0 saturated heterocycles. The van der Waals surface area contributed by atoms with Crippen LogP contribution in [0.25, 0.3) is 0 Å². The maximum atomic E-state index is 12.5. The minimum Gasteiger partial charge on any atom is -0.300 e. The smallest absolute Gasteiger partial charge is 0.269 e. The predicted molar refractivity (Wildman–Crippen MR) is 114 cm³/mol. The number of rotatable bonds is 7. The first-order valence-electron chi connectivity index (χ1n) is 8.91. The molecule has 1 aromatic heterocycles. The van der Waals surface area contributed by atoms with E-state index >= 15 is 0 Å². The van der Waals surface area contributed by atoms with Crippen molar-refractivity contribution < 1.29 is 18.0 Å². The summed E-state index contributed by atoms with van der Waals surface area (Å²) in [6.07, 6.45) is -0.176. The van der Waals surface area contributed by atoms with Crippen LogP contribution < -0.4 is 5.32 Å². The second-order valence-electron chi connectivity index (χ2n) is 6.32. The van der Waals surface area contributed by atoms with E-state index in [9.17, 15) is 18.0 Å². The van der Waals surface area contributed by atoms with Crippen molar-refractivity contribution in [2.75, 3.05) is 11.9 Å². The number of amides is 2. The van der Waals surface area contributed by atoms with E-state index in [1.54, 1.807) is 12.1 Å². The number of sulfonamides is 1. The minimum absolute atomic E-state index is 0.0281. The highest BCUT2D eigenvalue weighted by Gasteiger charge is 2.40. The van der Waals surface area contributed by atoms with E-state index in [0.717, 1.165) is 15.6 Å². The Morgan fingerprint density at radius 2 is 1.80 bits per heavy atom. The molecule has 8 nitrogen and oxygen atoms in total. The lowest BCUT2D eigenvalue weighted by atomic mass is 10.2. The van der Waals surface area contributed by atoms with Gasteiger partial charge in [0.15, 0.2) is 4.34 Å². The first-order valence-corrected chi connectivity index (χ1v) is 12.2. The largest absolute Gasteiger partial charge is 0.300 e. The van der Waals surface area contributed by atoms with Gasteiger partial charge in [-0.1, -0.05) is 65.6 Å². The molecule has 1 N–H and O–H groups in total. The Balaban J connectivity index is 1.32. The second kappa shape index (κ2) is 8.54. The summed E-state index contributed by atoms with van der Waals surface area (Å²) < 4.78 is 26.5. The molecule has 30 heavy (non-hydrogen) atoms. The molecular formula is C19H16N4O4S3. The summed E-state index contributed by atoms with van der Waals surface area (Å²) in [6, 6.07) is 15.9. The van der Waals surface area contributed by atoms with E-state index in [0.29, 0.717) is 9.47 Å². The van der Waals surface area contributed by atoms with Crippen molar-refractivity contribution in [2.24, 2.45) is 0 Å². The van der Waals surface area contributed by atoms with Crippen molar-refractivity contribution in [3.05, 3.63) is 65.7 Å². The van der Waals surface area contributed by atoms with Crippen LogP contribution in [0.4, 0.5) is 5.13 Å². The van der Waals surface area contributed by atoms with Crippen LogP contribution in [0.15, 0.2) is 63.8 Å². The lowest BCUT2D eigenvalue weighted by molar-refractivity contribution is -0.116. The van der Waals surface area contributed by atoms with Gasteiger partial charge in [-0.3, -0.25) is 9.59 Å². The fourth-order valence-corrected chi connectivity index (χ4v) is 6.17. The highest BCUT2D eigenvalue weighted by atomic mass is 32.2. The number of carbonyl (C=O) groups is 2. The third-order valence-electron chi connectivity index (χ3n) is 4.31. The molecular weight excluding hydrogens is 444 g/mol. The lowest BCUT2D eigenvalue weighted by Gasteiger charge is -2.14. The average molecular weight is 461 g/mol. The zero-order valence-electron chi connectivity index (χ0n) is 15.5. The number of hydrogen-bond acceptors (Lipinski definition) is 8. The fraction of sp³-hybridized carbons (Fsp3) is 0.158. The Morgan fingerprint density at radius 3 is 2.57 bits per heavy atom. The highest BCUT2D eigenvalue weighted by Crippen LogP contribution is 2.30. The summed E-state index contributed by atoms with van der Waals surface area (Å²) in [4.78, 5) is 24.6. The van der Waals surface area contributed by atoms with Crippen molar-refractivity contribution in [3.8, 4) is 0 Å². The van der Waals surface area contributed by atoms with Crippen molar-refractivity contribution >= 4 is 50.1 Å². The van der Waals surface area contributed by atoms with E-state index in [-0.39, 0.29) is 23.4 Å². The summed E-state index contributed by atoms with van der Waals surface area (Å²) >= 11 is 2.75. The number of anilines is 1. The van der Waals surface area contributed by atoms with Gasteiger partial charge in [-0.25, -0.2) is 12.7 Å². The Hall–Kier alpha value is -2.76. The van der Waals surface area contributed by atoms with Crippen LogP contribution >= 0.6 is 23.1 Å². The monoisotopic (exact) mass is 460 g/mol. The van der Waals surface area contributed by atoms with E-state index in [2.05, 4.69) is 15.5 Å². The molecule has 11 heteroatoms. The Labute approximate surface area is 181 Å². The van der Waals surface area contributed by atoms with Crippen LogP contribution in [0.5, 0.6) is 0 Å². The number of aromatic nitrogens is 2. The molecule has 0 bridgehead atoms. The molecule has 0 spiro atoms. The number of nitrogens with one attached hydrogen (secondary N) is 1. The summed E-state index contributed by atoms with van der Waals surface area (Å²) in [7, 11) is -3.92. The standard InChI is InChI=1S/C19H16N4O4S3/c24-16(10-11-23-17(25)14-8-4-5-9-15(14)30(23,26)27)20-18-21-22-19(29-18)28-12-13-6-2-1-3-7-13/h1-9H,10-12H2,(H,20,21,24). The molecule has 0 fully saturated rings. The van der Waals surface area contributed by atoms with Crippen LogP contribution in [-0.2, 0) is 20.6 Å². The quantitative estimate of drug-likeness (QED) is 0.426. The fourth-order valence-electron chi connectivity index (χ4n) is 2.87. The maximum Gasteiger partial charge on any atom is 0.269 e. The average Bonchev–Trinajstić information content (AvgIpc) is 3.27. The zero-order chi connectivity index (χ0) is 21.1. The van der Waals surface area contributed by atoms with Gasteiger partial charge in [0.1, 0.15) is 4.90 Å². The minimum atomic E-state index is -3.92. The van der Waals surface area contributed by atoms with Gasteiger partial charge in [0.05, 0.1) is 5.56 Å². The normalized spacial score (nSPS) is 14.5. The summed E-state index contributed by atoms with van der Waals surface area (Å²) in [6.45, 7) is -0.240. The number of benzene rings is 2. The molecule has 154 valence electrons. The molecule has 0 aliphatic carbocycles. The first kappa shape index (κ1) is 20.5. The molecule has 0 unspecified atom stereocenters. The molecule has 2 amide bonds. The van der Waals surface area contributed by atoms with Gasteiger partial charge in [0, 0.05) is 18.7 Å². The van der Waals surface area contributed by atoms with Crippen LogP contribution in [0.2, 0.25) is 0 Å². The van der Waals surface area contributed by atoms with E-state index in [1.165, 1.54) is 35.2 Å². The first-order chi connectivity index (χ1) is 14.4. The molecule has 3 aromatic rings. The van der Waals surface area contributed by atoms with Crippen LogP contribution in [0.1, 0.15) is 22.3 Å². The summed E-state index contributed by atoms with van der Waals surface area (Å²) in [5.74, 6) is -0.322. The highest BCUT2D eigenvalue weighted by molar-refractivity contribution is 8.00. The van der Waals surface area contributed by atoms with Gasteiger partial charge in [-0.15, -0.1) is 10.2 Å². The number of hydrogen-bond donors (Lipinski definition) is 1. The molecule has 1 aliphatic rings. The van der Waals surface area contributed by atoms with Crippen LogP contribution in [0.3, 0.4) is 0 Å². The van der Waals surface area contributed by atoms with Crippen molar-refractivity contribution in [3.63, 3.8) is 0 Å². The predicted octanol–water partition coefficient (Wildman–Crippen LogP) is 3.00. The van der Waals surface area contributed by atoms with Crippen molar-refractivity contribution in [1.82, 2.24) is 14.5 Å². The van der Waals surface area contributed by atoms with Gasteiger partial charge < -0.3 is 5.32 Å². The SMILES string of the molecule is O=C(CCN1C(=O)c2ccccc2S1(=O)=O)Nc1nnc(SCc2ccccc2)s1. The molecule has 0 saturated carbocycles. The molecule has 0 radical (unpaired) electrons. The molecule has 2 heterocycles. The van der Waals surface area contributed by atoms with Crippen LogP contribution in [0, 0.1) is 0 Å². The zero-order valence-corrected chi connectivity index (χ0v) is 18.0. The van der Waals surface area contributed by atoms with Gasteiger partial charge in [-0.05, 0) is 17.7 Å². The topological polar surface area (TPSA) is 109 Å². The molecule has 0 atom stereocenters. The number of nitrogens with zero attached hydrogens (tertiary/aromatic N) is 3. The van der Waals surface area contributed by atoms with Gasteiger partial charge >= 0.3 is 0 Å². The third-order valence-corrected chi connectivity index (χ3v) is 8.20. The van der Waals surface area contributed by atoms with Gasteiger partial charge in [-0.2, -0.15) is 0 Å². The van der Waals surface area contributed by atoms with Crippen molar-refractivity contribution in [1.29, 1.82) is 0 Å². The van der Waals surface area contributed by atoms with Gasteiger partial charge in [0.25, 0.3) is 15.9 Å². The van der Waals surface area contributed by atoms with Crippen LogP contribution in [-0.4, -0.2) is 41.3 Å². The van der Waals surface area contributed by atoms with E-state index in [1.807, 2.05) is 30.3 Å². The lowest BCUT2D eigenvalue weighted by Crippen LogP contribution is -2.33. The number of carbonyl (C=O) groups excluding carboxylic acids is 2. The number of thioether (sulfide) groups is 1.